The fourth-order valence-corrected chi connectivity index (χ4v) is 3.21. The predicted molar refractivity (Wildman–Crippen MR) is 107 cm³/mol. The third-order valence-electron chi connectivity index (χ3n) is 4.34. The smallest absolute Gasteiger partial charge is 0.305 e. The van der Waals surface area contributed by atoms with E-state index >= 15 is 0 Å². The number of benzene rings is 2. The van der Waals surface area contributed by atoms with E-state index in [-0.39, 0.29) is 6.42 Å². The molecule has 1 N–H and O–H groups in total. The number of ether oxygens (including phenoxy) is 1. The molecule has 0 saturated carbocycles. The summed E-state index contributed by atoms with van der Waals surface area (Å²) in [5, 5.41) is 18.5. The molecule has 0 radical (unpaired) electrons. The second-order valence-electron chi connectivity index (χ2n) is 6.29. The molecule has 0 atom stereocenters. The molecule has 0 amide bonds. The van der Waals surface area contributed by atoms with Crippen molar-refractivity contribution < 1.29 is 19.2 Å². The number of carboxylic acid groups (broad SMARTS) is 1. The molecule has 0 fully saturated rings. The zero-order valence-electron chi connectivity index (χ0n) is 15.5. The third kappa shape index (κ3) is 3.93. The van der Waals surface area contributed by atoms with E-state index in [2.05, 4.69) is 15.2 Å². The van der Waals surface area contributed by atoms with E-state index in [1.165, 1.54) is 0 Å². The van der Waals surface area contributed by atoms with Crippen LogP contribution in [0.1, 0.15) is 13.3 Å². The normalized spacial score (nSPS) is 11.1. The average molecular weight is 413 g/mol. The van der Waals surface area contributed by atoms with Gasteiger partial charge in [0.05, 0.1) is 36.3 Å². The summed E-state index contributed by atoms with van der Waals surface area (Å²) in [6.07, 6.45) is 1.70. The van der Waals surface area contributed by atoms with Crippen LogP contribution in [0.25, 0.3) is 33.7 Å². The summed E-state index contributed by atoms with van der Waals surface area (Å²) in [6, 6.07) is 10.9. The highest BCUT2D eigenvalue weighted by molar-refractivity contribution is 6.32. The maximum Gasteiger partial charge on any atom is 0.305 e. The molecular weight excluding hydrogens is 396 g/mol. The standard InChI is InChI=1S/C20H17ClN4O4/c1-2-28-17-6-4-13(10-15(17)21)20-23-19(24-29-20)12-3-5-16-14(9-12)11-22-25(16)8-7-18(26)27/h3-6,9-11H,2,7-8H2,1H3,(H,26,27). The Hall–Kier alpha value is -3.39. The SMILES string of the molecule is CCOc1ccc(-c2nc(-c3ccc4c(cnn4CCC(=O)O)c3)no2)cc1Cl. The van der Waals surface area contributed by atoms with Crippen LogP contribution in [0.4, 0.5) is 0 Å². The Morgan fingerprint density at radius 1 is 1.24 bits per heavy atom. The van der Waals surface area contributed by atoms with Gasteiger partial charge in [-0.3, -0.25) is 9.48 Å². The van der Waals surface area contributed by atoms with Gasteiger partial charge in [0.1, 0.15) is 5.75 Å². The first kappa shape index (κ1) is 18.9. The van der Waals surface area contributed by atoms with Gasteiger partial charge in [-0.25, -0.2) is 0 Å². The van der Waals surface area contributed by atoms with Crippen molar-refractivity contribution in [1.82, 2.24) is 19.9 Å². The molecule has 8 nitrogen and oxygen atoms in total. The van der Waals surface area contributed by atoms with Crippen LogP contribution >= 0.6 is 11.6 Å². The zero-order chi connectivity index (χ0) is 20.4. The lowest BCUT2D eigenvalue weighted by atomic mass is 10.1. The molecule has 0 unspecified atom stereocenters. The Balaban J connectivity index is 1.60. The Labute approximate surface area is 170 Å². The Kier molecular flexibility index (Phi) is 5.18. The lowest BCUT2D eigenvalue weighted by Crippen LogP contribution is -2.05. The number of aliphatic carboxylic acids is 1. The summed E-state index contributed by atoms with van der Waals surface area (Å²) >= 11 is 6.23. The maximum atomic E-state index is 10.8. The summed E-state index contributed by atoms with van der Waals surface area (Å²) in [6.45, 7) is 2.73. The topological polar surface area (TPSA) is 103 Å². The monoisotopic (exact) mass is 412 g/mol. The van der Waals surface area contributed by atoms with E-state index in [0.717, 1.165) is 16.5 Å². The first-order valence-corrected chi connectivity index (χ1v) is 9.37. The van der Waals surface area contributed by atoms with Crippen molar-refractivity contribution in [2.45, 2.75) is 19.9 Å². The minimum absolute atomic E-state index is 0.0113. The summed E-state index contributed by atoms with van der Waals surface area (Å²) < 4.78 is 12.5. The molecule has 2 aromatic heterocycles. The Bertz CT molecular complexity index is 1180. The summed E-state index contributed by atoms with van der Waals surface area (Å²) in [5.74, 6) is 0.523. The fraction of sp³-hybridized carbons (Fsp3) is 0.200. The highest BCUT2D eigenvalue weighted by Crippen LogP contribution is 2.31. The summed E-state index contributed by atoms with van der Waals surface area (Å²) in [7, 11) is 0. The van der Waals surface area contributed by atoms with Crippen LogP contribution in [-0.4, -0.2) is 37.6 Å². The van der Waals surface area contributed by atoms with Crippen molar-refractivity contribution in [2.24, 2.45) is 0 Å². The number of hydrogen-bond acceptors (Lipinski definition) is 6. The van der Waals surface area contributed by atoms with Crippen molar-refractivity contribution in [1.29, 1.82) is 0 Å². The lowest BCUT2D eigenvalue weighted by Gasteiger charge is -2.05. The second kappa shape index (κ2) is 7.92. The maximum absolute atomic E-state index is 10.8. The number of carbonyl (C=O) groups is 1. The highest BCUT2D eigenvalue weighted by Gasteiger charge is 2.14. The van der Waals surface area contributed by atoms with Crippen molar-refractivity contribution in [3.8, 4) is 28.6 Å². The Morgan fingerprint density at radius 2 is 2.07 bits per heavy atom. The van der Waals surface area contributed by atoms with Gasteiger partial charge in [-0.05, 0) is 43.3 Å². The van der Waals surface area contributed by atoms with Crippen molar-refractivity contribution in [3.63, 3.8) is 0 Å². The number of carboxylic acids is 1. The molecule has 2 heterocycles. The van der Waals surface area contributed by atoms with Gasteiger partial charge in [0.15, 0.2) is 0 Å². The molecule has 2 aromatic carbocycles. The third-order valence-corrected chi connectivity index (χ3v) is 4.64. The minimum atomic E-state index is -0.862. The molecule has 148 valence electrons. The molecule has 4 aromatic rings. The van der Waals surface area contributed by atoms with Crippen molar-refractivity contribution >= 4 is 28.5 Å². The van der Waals surface area contributed by atoms with Crippen LogP contribution in [0, 0.1) is 0 Å². The van der Waals surface area contributed by atoms with Gasteiger partial charge < -0.3 is 14.4 Å². The second-order valence-corrected chi connectivity index (χ2v) is 6.69. The minimum Gasteiger partial charge on any atom is -0.492 e. The van der Waals surface area contributed by atoms with Crippen molar-refractivity contribution in [2.75, 3.05) is 6.61 Å². The number of fused-ring (bicyclic) bond motifs is 1. The van der Waals surface area contributed by atoms with Crippen LogP contribution in [0.3, 0.4) is 0 Å². The number of rotatable bonds is 7. The van der Waals surface area contributed by atoms with Crippen LogP contribution in [0.5, 0.6) is 5.75 Å². The molecule has 0 bridgehead atoms. The molecule has 0 aliphatic heterocycles. The molecule has 29 heavy (non-hydrogen) atoms. The van der Waals surface area contributed by atoms with Crippen LogP contribution in [0.2, 0.25) is 5.02 Å². The summed E-state index contributed by atoms with van der Waals surface area (Å²) in [4.78, 5) is 15.2. The van der Waals surface area contributed by atoms with Gasteiger partial charge in [-0.15, -0.1) is 0 Å². The number of aryl methyl sites for hydroxylation is 1. The fourth-order valence-electron chi connectivity index (χ4n) is 2.97. The molecule has 0 aliphatic carbocycles. The molecule has 0 spiro atoms. The molecule has 4 rings (SSSR count). The summed E-state index contributed by atoms with van der Waals surface area (Å²) in [5.41, 5.74) is 2.30. The van der Waals surface area contributed by atoms with E-state index in [9.17, 15) is 4.79 Å². The predicted octanol–water partition coefficient (Wildman–Crippen LogP) is 4.28. The van der Waals surface area contributed by atoms with Crippen molar-refractivity contribution in [3.05, 3.63) is 47.6 Å². The number of halogens is 1. The van der Waals surface area contributed by atoms with Crippen LogP contribution in [0.15, 0.2) is 47.1 Å². The van der Waals surface area contributed by atoms with Gasteiger partial charge >= 0.3 is 5.97 Å². The lowest BCUT2D eigenvalue weighted by molar-refractivity contribution is -0.137. The number of nitrogens with zero attached hydrogens (tertiary/aromatic N) is 4. The van der Waals surface area contributed by atoms with Gasteiger partial charge in [0, 0.05) is 16.5 Å². The Morgan fingerprint density at radius 3 is 2.83 bits per heavy atom. The molecule has 9 heteroatoms. The van der Waals surface area contributed by atoms with E-state index in [4.69, 9.17) is 26.0 Å². The first-order valence-electron chi connectivity index (χ1n) is 8.99. The van der Waals surface area contributed by atoms with Gasteiger partial charge in [0.2, 0.25) is 5.82 Å². The van der Waals surface area contributed by atoms with E-state index in [1.54, 1.807) is 23.0 Å². The van der Waals surface area contributed by atoms with Gasteiger partial charge in [-0.1, -0.05) is 16.8 Å². The quantitative estimate of drug-likeness (QED) is 0.483. The van der Waals surface area contributed by atoms with E-state index in [0.29, 0.717) is 41.2 Å². The van der Waals surface area contributed by atoms with Crippen LogP contribution < -0.4 is 4.74 Å². The van der Waals surface area contributed by atoms with Crippen LogP contribution in [-0.2, 0) is 11.3 Å². The zero-order valence-corrected chi connectivity index (χ0v) is 16.3. The highest BCUT2D eigenvalue weighted by atomic mass is 35.5. The largest absolute Gasteiger partial charge is 0.492 e. The number of aromatic nitrogens is 4. The molecule has 0 aliphatic rings. The average Bonchev–Trinajstić information content (AvgIpc) is 3.35. The first-order chi connectivity index (χ1) is 14.0. The van der Waals surface area contributed by atoms with Gasteiger partial charge in [-0.2, -0.15) is 10.1 Å². The molecule has 0 saturated heterocycles. The van der Waals surface area contributed by atoms with E-state index in [1.807, 2.05) is 31.2 Å². The van der Waals surface area contributed by atoms with Gasteiger partial charge in [0.25, 0.3) is 5.89 Å². The number of hydrogen-bond donors (Lipinski definition) is 1. The molecular formula is C20H17ClN4O4. The van der Waals surface area contributed by atoms with E-state index < -0.39 is 5.97 Å².